The summed E-state index contributed by atoms with van der Waals surface area (Å²) in [6.45, 7) is 1.96. The van der Waals surface area contributed by atoms with Crippen molar-refractivity contribution < 1.29 is 24.1 Å². The van der Waals surface area contributed by atoms with Crippen molar-refractivity contribution in [3.63, 3.8) is 0 Å². The summed E-state index contributed by atoms with van der Waals surface area (Å²) in [6.07, 6.45) is 1.64. The van der Waals surface area contributed by atoms with Crippen molar-refractivity contribution in [1.82, 2.24) is 14.9 Å². The van der Waals surface area contributed by atoms with Gasteiger partial charge in [0.1, 0.15) is 5.75 Å². The van der Waals surface area contributed by atoms with Crippen LogP contribution >= 0.6 is 11.8 Å². The van der Waals surface area contributed by atoms with Crippen LogP contribution in [0.3, 0.4) is 0 Å². The number of methoxy groups -OCH3 is 2. The molecule has 0 unspecified atom stereocenters. The van der Waals surface area contributed by atoms with Crippen LogP contribution in [0.5, 0.6) is 17.2 Å². The molecule has 2 aromatic carbocycles. The van der Waals surface area contributed by atoms with Crippen LogP contribution < -0.4 is 9.47 Å². The van der Waals surface area contributed by atoms with Gasteiger partial charge in [0, 0.05) is 11.3 Å². The number of aromatic nitrogens is 3. The molecule has 1 aromatic heterocycles. The van der Waals surface area contributed by atoms with Crippen LogP contribution in [-0.2, 0) is 9.53 Å². The highest BCUT2D eigenvalue weighted by atomic mass is 32.2. The van der Waals surface area contributed by atoms with Gasteiger partial charge in [-0.1, -0.05) is 17.8 Å². The Bertz CT molecular complexity index is 1230. The third kappa shape index (κ3) is 4.70. The Labute approximate surface area is 194 Å². The molecule has 9 nitrogen and oxygen atoms in total. The summed E-state index contributed by atoms with van der Waals surface area (Å²) in [5.41, 5.74) is 2.21. The molecule has 0 saturated heterocycles. The minimum atomic E-state index is -0.505. The predicted octanol–water partition coefficient (Wildman–Crippen LogP) is 3.62. The zero-order valence-corrected chi connectivity index (χ0v) is 19.1. The van der Waals surface area contributed by atoms with E-state index in [-0.39, 0.29) is 17.9 Å². The number of nitrogens with zero attached hydrogens (tertiary/aromatic N) is 4. The first-order chi connectivity index (χ1) is 16.0. The lowest BCUT2D eigenvalue weighted by Crippen LogP contribution is -2.21. The fraction of sp³-hybridized carbons (Fsp3) is 0.217. The predicted molar refractivity (Wildman–Crippen MR) is 125 cm³/mol. The smallest absolute Gasteiger partial charge is 0.340 e. The topological polar surface area (TPSA) is 108 Å². The van der Waals surface area contributed by atoms with Crippen molar-refractivity contribution in [3.8, 4) is 28.6 Å². The maximum atomic E-state index is 12.8. The summed E-state index contributed by atoms with van der Waals surface area (Å²) in [5.74, 6) is 1.49. The number of carbonyl (C=O) groups is 1. The lowest BCUT2D eigenvalue weighted by Gasteiger charge is -2.16. The van der Waals surface area contributed by atoms with E-state index in [0.29, 0.717) is 33.8 Å². The number of esters is 1. The van der Waals surface area contributed by atoms with E-state index in [9.17, 15) is 9.90 Å². The number of fused-ring (bicyclic) bond motifs is 1. The first-order valence-electron chi connectivity index (χ1n) is 10.1. The van der Waals surface area contributed by atoms with Crippen LogP contribution in [-0.4, -0.2) is 58.2 Å². The average molecular weight is 467 g/mol. The van der Waals surface area contributed by atoms with Gasteiger partial charge in [0.25, 0.3) is 0 Å². The summed E-state index contributed by atoms with van der Waals surface area (Å²) in [5, 5.41) is 23.9. The molecule has 0 atom stereocenters. The molecule has 0 spiro atoms. The number of ether oxygens (including phenoxy) is 3. The van der Waals surface area contributed by atoms with Crippen LogP contribution in [0.4, 0.5) is 0 Å². The Balaban J connectivity index is 1.76. The molecule has 170 valence electrons. The molecule has 0 amide bonds. The minimum absolute atomic E-state index is 0.0303. The van der Waals surface area contributed by atoms with E-state index in [1.54, 1.807) is 36.9 Å². The zero-order valence-electron chi connectivity index (χ0n) is 18.3. The standard InChI is InChI=1S/C23H22N4O5S/c1-4-32-22(29)17(11-14-5-10-20(31-3)19(28)12-14)18-13-33-23-25-24-21(27(23)26-18)15-6-8-16(30-2)9-7-15/h5-12,28H,4,13H2,1-3H3/b17-11-. The molecule has 1 aliphatic heterocycles. The van der Waals surface area contributed by atoms with Crippen LogP contribution in [0, 0.1) is 0 Å². The number of carbonyl (C=O) groups excluding carboxylic acids is 1. The molecule has 2 heterocycles. The molecule has 33 heavy (non-hydrogen) atoms. The number of rotatable bonds is 7. The maximum absolute atomic E-state index is 12.8. The lowest BCUT2D eigenvalue weighted by molar-refractivity contribution is -0.137. The quantitative estimate of drug-likeness (QED) is 0.415. The van der Waals surface area contributed by atoms with Crippen molar-refractivity contribution in [2.45, 2.75) is 12.1 Å². The lowest BCUT2D eigenvalue weighted by atomic mass is 10.1. The highest BCUT2D eigenvalue weighted by Gasteiger charge is 2.25. The Morgan fingerprint density at radius 1 is 1.15 bits per heavy atom. The highest BCUT2D eigenvalue weighted by Crippen LogP contribution is 2.31. The van der Waals surface area contributed by atoms with Gasteiger partial charge in [-0.25, -0.2) is 4.79 Å². The second-order valence-electron chi connectivity index (χ2n) is 6.89. The number of benzene rings is 2. The third-order valence-electron chi connectivity index (χ3n) is 4.84. The van der Waals surface area contributed by atoms with Crippen LogP contribution in [0.1, 0.15) is 12.5 Å². The average Bonchev–Trinajstić information content (AvgIpc) is 3.26. The molecule has 1 N–H and O–H groups in total. The summed E-state index contributed by atoms with van der Waals surface area (Å²) in [7, 11) is 3.08. The molecule has 0 bridgehead atoms. The minimum Gasteiger partial charge on any atom is -0.504 e. The van der Waals surface area contributed by atoms with Crippen LogP contribution in [0.25, 0.3) is 17.5 Å². The van der Waals surface area contributed by atoms with E-state index < -0.39 is 5.97 Å². The van der Waals surface area contributed by atoms with Crippen LogP contribution in [0.15, 0.2) is 58.3 Å². The van der Waals surface area contributed by atoms with Crippen molar-refractivity contribution >= 4 is 29.5 Å². The molecule has 4 rings (SSSR count). The Morgan fingerprint density at radius 3 is 2.61 bits per heavy atom. The largest absolute Gasteiger partial charge is 0.504 e. The van der Waals surface area contributed by atoms with Gasteiger partial charge in [0.15, 0.2) is 17.3 Å². The first-order valence-corrected chi connectivity index (χ1v) is 11.1. The van der Waals surface area contributed by atoms with Crippen molar-refractivity contribution in [2.75, 3.05) is 26.6 Å². The van der Waals surface area contributed by atoms with E-state index in [4.69, 9.17) is 14.2 Å². The van der Waals surface area contributed by atoms with Gasteiger partial charge in [-0.2, -0.15) is 9.78 Å². The van der Waals surface area contributed by atoms with E-state index in [1.165, 1.54) is 24.9 Å². The monoisotopic (exact) mass is 466 g/mol. The molecule has 0 saturated carbocycles. The third-order valence-corrected chi connectivity index (χ3v) is 5.77. The molecule has 3 aromatic rings. The van der Waals surface area contributed by atoms with Crippen molar-refractivity contribution in [3.05, 3.63) is 53.6 Å². The van der Waals surface area contributed by atoms with E-state index in [0.717, 1.165) is 11.3 Å². The van der Waals surface area contributed by atoms with Gasteiger partial charge in [-0.15, -0.1) is 10.2 Å². The number of thioether (sulfide) groups is 1. The van der Waals surface area contributed by atoms with Gasteiger partial charge in [0.2, 0.25) is 5.16 Å². The summed E-state index contributed by atoms with van der Waals surface area (Å²) in [4.78, 5) is 12.8. The summed E-state index contributed by atoms with van der Waals surface area (Å²) < 4.78 is 17.2. The van der Waals surface area contributed by atoms with Gasteiger partial charge in [-0.05, 0) is 55.0 Å². The molecule has 10 heteroatoms. The highest BCUT2D eigenvalue weighted by molar-refractivity contribution is 7.99. The molecule has 1 aliphatic rings. The Morgan fingerprint density at radius 2 is 1.94 bits per heavy atom. The van der Waals surface area contributed by atoms with Crippen molar-refractivity contribution in [2.24, 2.45) is 5.10 Å². The maximum Gasteiger partial charge on any atom is 0.340 e. The first kappa shape index (κ1) is 22.4. The van der Waals surface area contributed by atoms with E-state index in [1.807, 2.05) is 24.3 Å². The van der Waals surface area contributed by atoms with Gasteiger partial charge < -0.3 is 19.3 Å². The number of phenols is 1. The van der Waals surface area contributed by atoms with E-state index >= 15 is 0 Å². The zero-order chi connectivity index (χ0) is 23.4. The molecule has 0 aliphatic carbocycles. The fourth-order valence-electron chi connectivity index (χ4n) is 3.21. The van der Waals surface area contributed by atoms with Gasteiger partial charge in [0.05, 0.1) is 32.1 Å². The Kier molecular flexibility index (Phi) is 6.64. The summed E-state index contributed by atoms with van der Waals surface area (Å²) in [6, 6.07) is 12.3. The van der Waals surface area contributed by atoms with Gasteiger partial charge >= 0.3 is 5.97 Å². The normalized spacial score (nSPS) is 13.2. The molecular weight excluding hydrogens is 444 g/mol. The number of hydrogen-bond donors (Lipinski definition) is 1. The van der Waals surface area contributed by atoms with Gasteiger partial charge in [-0.3, -0.25) is 0 Å². The van der Waals surface area contributed by atoms with E-state index in [2.05, 4.69) is 15.3 Å². The van der Waals surface area contributed by atoms with Crippen molar-refractivity contribution in [1.29, 1.82) is 0 Å². The Hall–Kier alpha value is -3.79. The fourth-order valence-corrected chi connectivity index (χ4v) is 4.04. The summed E-state index contributed by atoms with van der Waals surface area (Å²) >= 11 is 1.42. The molecular formula is C23H22N4O5S. The SMILES string of the molecule is CCOC(=O)/C(=C\c1ccc(OC)c(O)c1)C1=Nn2c(nnc2-c2ccc(OC)cc2)SC1. The molecule has 0 fully saturated rings. The second kappa shape index (κ2) is 9.78. The number of aromatic hydroxyl groups is 1. The number of phenolic OH excluding ortho intramolecular Hbond substituents is 1. The number of hydrogen-bond acceptors (Lipinski definition) is 9. The second-order valence-corrected chi connectivity index (χ2v) is 7.83. The molecule has 0 radical (unpaired) electrons. The van der Waals surface area contributed by atoms with Crippen LogP contribution in [0.2, 0.25) is 0 Å².